The predicted molar refractivity (Wildman–Crippen MR) is 70.8 cm³/mol. The lowest BCUT2D eigenvalue weighted by atomic mass is 10.1. The highest BCUT2D eigenvalue weighted by atomic mass is 16.3. The monoisotopic (exact) mass is 236 g/mol. The molecule has 0 aromatic rings. The topological polar surface area (TPSA) is 51.6 Å². The van der Waals surface area contributed by atoms with Gasteiger partial charge in [-0.05, 0) is 33.6 Å². The minimum atomic E-state index is -0.0548. The molecule has 17 heavy (non-hydrogen) atoms. The fourth-order valence-electron chi connectivity index (χ4n) is 1.23. The standard InChI is InChI=1S/C13H21N3O/c1-11(2)6-5-7-12(3)8-9-16(4)13(17)10-15-14/h6,8,10H,5,7,9H2,1-4H3/p+1/b12-8+,13-10-. The minimum absolute atomic E-state index is 0.0548. The van der Waals surface area contributed by atoms with Crippen LogP contribution in [0.3, 0.4) is 0 Å². The number of allylic oxidation sites excluding steroid dienone is 3. The molecule has 0 aliphatic carbocycles. The molecule has 0 aromatic heterocycles. The molecule has 0 radical (unpaired) electrons. The summed E-state index contributed by atoms with van der Waals surface area (Å²) in [6.45, 7) is 6.85. The van der Waals surface area contributed by atoms with Crippen molar-refractivity contribution in [3.8, 4) is 0 Å². The molecule has 0 amide bonds. The maximum atomic E-state index is 9.37. The molecule has 0 atom stereocenters. The molecule has 1 N–H and O–H groups in total. The molecule has 0 bridgehead atoms. The SMILES string of the molecule is CC(C)=CCC/C(C)=C/CN(C)/C(O)=C/[N+]#N. The van der Waals surface area contributed by atoms with Gasteiger partial charge in [-0.3, -0.25) is 0 Å². The summed E-state index contributed by atoms with van der Waals surface area (Å²) in [4.78, 5) is 4.37. The third kappa shape index (κ3) is 8.09. The normalized spacial score (nSPS) is 11.9. The van der Waals surface area contributed by atoms with Crippen molar-refractivity contribution in [3.63, 3.8) is 0 Å². The molecule has 0 saturated heterocycles. The minimum Gasteiger partial charge on any atom is -0.489 e. The third-order valence-corrected chi connectivity index (χ3v) is 2.37. The molecule has 0 aliphatic heterocycles. The van der Waals surface area contributed by atoms with Crippen LogP contribution in [0.15, 0.2) is 35.4 Å². The molecule has 0 aromatic carbocycles. The average molecular weight is 236 g/mol. The molecule has 0 aliphatic rings. The Balaban J connectivity index is 4.11. The summed E-state index contributed by atoms with van der Waals surface area (Å²) in [5, 5.41) is 17.6. The van der Waals surface area contributed by atoms with E-state index in [-0.39, 0.29) is 5.88 Å². The van der Waals surface area contributed by atoms with E-state index in [0.29, 0.717) is 6.54 Å². The molecule has 94 valence electrons. The number of diazo groups is 1. The van der Waals surface area contributed by atoms with Crippen LogP contribution in [0.5, 0.6) is 0 Å². The van der Waals surface area contributed by atoms with E-state index in [1.165, 1.54) is 11.1 Å². The van der Waals surface area contributed by atoms with Crippen LogP contribution >= 0.6 is 0 Å². The zero-order valence-electron chi connectivity index (χ0n) is 11.1. The largest absolute Gasteiger partial charge is 0.489 e. The van der Waals surface area contributed by atoms with Gasteiger partial charge in [0.05, 0.1) is 0 Å². The highest BCUT2D eigenvalue weighted by Gasteiger charge is 2.04. The fourth-order valence-corrected chi connectivity index (χ4v) is 1.23. The van der Waals surface area contributed by atoms with Gasteiger partial charge >= 0.3 is 6.20 Å². The van der Waals surface area contributed by atoms with Gasteiger partial charge in [0.15, 0.2) is 4.98 Å². The maximum absolute atomic E-state index is 9.37. The molecule has 0 fully saturated rings. The first-order chi connectivity index (χ1) is 7.97. The van der Waals surface area contributed by atoms with Gasteiger partial charge in [-0.25, -0.2) is 0 Å². The zero-order valence-corrected chi connectivity index (χ0v) is 11.1. The molecule has 0 rings (SSSR count). The van der Waals surface area contributed by atoms with Crippen LogP contribution in [0.2, 0.25) is 0 Å². The van der Waals surface area contributed by atoms with Gasteiger partial charge in [0.25, 0.3) is 5.88 Å². The van der Waals surface area contributed by atoms with Crippen molar-refractivity contribution in [1.82, 2.24) is 4.90 Å². The second kappa shape index (κ2) is 8.40. The summed E-state index contributed by atoms with van der Waals surface area (Å²) in [7, 11) is 1.73. The number of aliphatic hydroxyl groups is 1. The van der Waals surface area contributed by atoms with Crippen LogP contribution in [0.1, 0.15) is 33.6 Å². The molecule has 0 unspecified atom stereocenters. The Kier molecular flexibility index (Phi) is 7.53. The summed E-state index contributed by atoms with van der Waals surface area (Å²) in [6.07, 6.45) is 7.34. The smallest absolute Gasteiger partial charge is 0.409 e. The van der Waals surface area contributed by atoms with Crippen LogP contribution in [-0.4, -0.2) is 23.6 Å². The Hall–Kier alpha value is -1.76. The number of hydrogen-bond acceptors (Lipinski definition) is 3. The maximum Gasteiger partial charge on any atom is 0.409 e. The zero-order chi connectivity index (χ0) is 13.3. The quantitative estimate of drug-likeness (QED) is 0.433. The molecule has 0 heterocycles. The lowest BCUT2D eigenvalue weighted by molar-refractivity contribution is 0.248. The van der Waals surface area contributed by atoms with E-state index in [2.05, 4.69) is 37.9 Å². The van der Waals surface area contributed by atoms with Gasteiger partial charge in [0, 0.05) is 13.6 Å². The van der Waals surface area contributed by atoms with Crippen molar-refractivity contribution >= 4 is 0 Å². The summed E-state index contributed by atoms with van der Waals surface area (Å²) >= 11 is 0. The summed E-state index contributed by atoms with van der Waals surface area (Å²) in [5.41, 5.74) is 2.61. The molecular weight excluding hydrogens is 214 g/mol. The third-order valence-electron chi connectivity index (χ3n) is 2.37. The second-order valence-corrected chi connectivity index (χ2v) is 4.35. The average Bonchev–Trinajstić information content (AvgIpc) is 2.25. The number of nitrogens with zero attached hydrogens (tertiary/aromatic N) is 3. The van der Waals surface area contributed by atoms with Crippen LogP contribution in [0.4, 0.5) is 0 Å². The Bertz CT molecular complexity index is 357. The summed E-state index contributed by atoms with van der Waals surface area (Å²) < 4.78 is 0. The van der Waals surface area contributed by atoms with Gasteiger partial charge in [0.1, 0.15) is 0 Å². The summed E-state index contributed by atoms with van der Waals surface area (Å²) in [6, 6.07) is 0. The van der Waals surface area contributed by atoms with E-state index < -0.39 is 0 Å². The lowest BCUT2D eigenvalue weighted by Crippen LogP contribution is -2.17. The van der Waals surface area contributed by atoms with Crippen molar-refractivity contribution in [2.75, 3.05) is 13.6 Å². The van der Waals surface area contributed by atoms with Crippen LogP contribution in [-0.2, 0) is 0 Å². The number of rotatable bonds is 6. The lowest BCUT2D eigenvalue weighted by Gasteiger charge is -2.12. The number of likely N-dealkylation sites (N-methyl/N-ethyl adjacent to an activating group) is 1. The molecule has 0 spiro atoms. The first kappa shape index (κ1) is 15.2. The molecule has 4 heteroatoms. The van der Waals surface area contributed by atoms with E-state index in [9.17, 15) is 5.11 Å². The van der Waals surface area contributed by atoms with Gasteiger partial charge in [0.2, 0.25) is 5.39 Å². The molecule has 0 saturated carbocycles. The first-order valence-electron chi connectivity index (χ1n) is 5.70. The Labute approximate surface area is 104 Å². The molecular formula is C13H22N3O+. The van der Waals surface area contributed by atoms with Gasteiger partial charge in [-0.2, -0.15) is 0 Å². The highest BCUT2D eigenvalue weighted by Crippen LogP contribution is 2.07. The predicted octanol–water partition coefficient (Wildman–Crippen LogP) is 3.82. The van der Waals surface area contributed by atoms with Gasteiger partial charge in [-0.15, -0.1) is 0 Å². The van der Waals surface area contributed by atoms with E-state index in [4.69, 9.17) is 5.39 Å². The van der Waals surface area contributed by atoms with Crippen LogP contribution in [0, 0.1) is 5.39 Å². The fraction of sp³-hybridized carbons (Fsp3) is 0.538. The Morgan fingerprint density at radius 2 is 1.94 bits per heavy atom. The van der Waals surface area contributed by atoms with Crippen molar-refractivity contribution in [2.24, 2.45) is 0 Å². The highest BCUT2D eigenvalue weighted by molar-refractivity contribution is 5.05. The Morgan fingerprint density at radius 1 is 1.29 bits per heavy atom. The van der Waals surface area contributed by atoms with E-state index >= 15 is 0 Å². The van der Waals surface area contributed by atoms with Crippen molar-refractivity contribution < 1.29 is 5.11 Å². The van der Waals surface area contributed by atoms with Crippen molar-refractivity contribution in [1.29, 1.82) is 5.39 Å². The van der Waals surface area contributed by atoms with E-state index in [1.807, 2.05) is 0 Å². The number of aliphatic hydroxyl groups excluding tert-OH is 1. The Morgan fingerprint density at radius 3 is 2.47 bits per heavy atom. The van der Waals surface area contributed by atoms with Crippen molar-refractivity contribution in [3.05, 3.63) is 40.4 Å². The second-order valence-electron chi connectivity index (χ2n) is 4.35. The first-order valence-corrected chi connectivity index (χ1v) is 5.70. The van der Waals surface area contributed by atoms with E-state index in [1.54, 1.807) is 11.9 Å². The van der Waals surface area contributed by atoms with Crippen LogP contribution < -0.4 is 0 Å². The van der Waals surface area contributed by atoms with E-state index in [0.717, 1.165) is 19.0 Å². The van der Waals surface area contributed by atoms with Gasteiger partial charge in [-0.1, -0.05) is 23.3 Å². The molecule has 4 nitrogen and oxygen atoms in total. The van der Waals surface area contributed by atoms with Crippen LogP contribution in [0.25, 0.3) is 4.98 Å². The van der Waals surface area contributed by atoms with Crippen molar-refractivity contribution in [2.45, 2.75) is 33.6 Å². The number of hydrogen-bond donors (Lipinski definition) is 1. The van der Waals surface area contributed by atoms with Gasteiger partial charge < -0.3 is 10.0 Å². The summed E-state index contributed by atoms with van der Waals surface area (Å²) in [5.74, 6) is -0.0548.